The van der Waals surface area contributed by atoms with Gasteiger partial charge in [-0.05, 0) is 82.8 Å². The number of hydrogen-bond acceptors (Lipinski definition) is 1. The molecule has 0 radical (unpaired) electrons. The maximum Gasteiger partial charge on any atom is 0.0719 e. The van der Waals surface area contributed by atoms with Crippen molar-refractivity contribution < 1.29 is 0 Å². The SMILES string of the molecule is C=C/C=C(\C=C/C)C1(C)c2cccc3c2-c2c4c1cccc4nc1cccc(c21)C3(C1=CCC(C)C=C1)c1ccccc1. The fraction of sp³-hybridized carbons (Fsp3) is 0.167. The molecule has 3 aliphatic carbocycles. The van der Waals surface area contributed by atoms with Gasteiger partial charge in [0.25, 0.3) is 0 Å². The summed E-state index contributed by atoms with van der Waals surface area (Å²) in [6, 6.07) is 31.7. The van der Waals surface area contributed by atoms with Crippen LogP contribution in [0.2, 0.25) is 0 Å². The zero-order chi connectivity index (χ0) is 29.3. The summed E-state index contributed by atoms with van der Waals surface area (Å²) in [4.78, 5) is 5.38. The number of allylic oxidation sites excluding steroid dienone is 9. The van der Waals surface area contributed by atoms with Crippen molar-refractivity contribution in [1.82, 2.24) is 4.98 Å². The van der Waals surface area contributed by atoms with E-state index < -0.39 is 10.8 Å². The second kappa shape index (κ2) is 9.38. The lowest BCUT2D eigenvalue weighted by Gasteiger charge is -2.48. The van der Waals surface area contributed by atoms with E-state index in [9.17, 15) is 0 Å². The summed E-state index contributed by atoms with van der Waals surface area (Å²) < 4.78 is 0. The average molecular weight is 554 g/mol. The van der Waals surface area contributed by atoms with Crippen molar-refractivity contribution in [2.24, 2.45) is 5.92 Å². The molecule has 0 bridgehead atoms. The minimum absolute atomic E-state index is 0.395. The lowest BCUT2D eigenvalue weighted by Crippen LogP contribution is -2.38. The number of nitrogens with zero attached hydrogens (tertiary/aromatic N) is 1. The first-order valence-electron chi connectivity index (χ1n) is 15.5. The minimum atomic E-state index is -0.471. The van der Waals surface area contributed by atoms with Crippen LogP contribution in [0.3, 0.4) is 0 Å². The van der Waals surface area contributed by atoms with E-state index in [0.717, 1.165) is 17.5 Å². The van der Waals surface area contributed by atoms with Gasteiger partial charge in [-0.3, -0.25) is 0 Å². The van der Waals surface area contributed by atoms with Crippen LogP contribution in [-0.2, 0) is 10.8 Å². The Balaban J connectivity index is 1.66. The van der Waals surface area contributed by atoms with Gasteiger partial charge in [0.15, 0.2) is 0 Å². The molecule has 1 heteroatoms. The highest BCUT2D eigenvalue weighted by atomic mass is 14.7. The standard InChI is InChI=1S/C42H35N/c1-5-13-28(14-6-2)41(4)31-17-10-19-33-37(31)40-38-32(41)18-11-21-35(38)43-36-22-12-20-34(39(36)40)42(33,29-15-8-7-9-16-29)30-25-23-27(3)24-26-30/h5-23,25-27H,1,24H2,2-4H3/b14-6-,28-13+. The topological polar surface area (TPSA) is 12.9 Å². The third kappa shape index (κ3) is 3.25. The molecule has 0 aliphatic heterocycles. The van der Waals surface area contributed by atoms with Crippen LogP contribution in [0.5, 0.6) is 0 Å². The molecule has 0 saturated heterocycles. The Hall–Kier alpha value is -4.75. The Bertz CT molecular complexity index is 2100. The van der Waals surface area contributed by atoms with Crippen molar-refractivity contribution in [2.75, 3.05) is 0 Å². The molecule has 0 fully saturated rings. The summed E-state index contributed by atoms with van der Waals surface area (Å²) >= 11 is 0. The molecule has 0 saturated carbocycles. The highest BCUT2D eigenvalue weighted by molar-refractivity contribution is 6.18. The summed E-state index contributed by atoms with van der Waals surface area (Å²) in [5.41, 5.74) is 13.1. The molecule has 208 valence electrons. The quantitative estimate of drug-likeness (QED) is 0.156. The van der Waals surface area contributed by atoms with Crippen LogP contribution in [0.25, 0.3) is 32.9 Å². The van der Waals surface area contributed by atoms with E-state index in [1.807, 2.05) is 6.08 Å². The molecule has 0 spiro atoms. The number of aromatic nitrogens is 1. The van der Waals surface area contributed by atoms with Gasteiger partial charge in [0.1, 0.15) is 0 Å². The highest BCUT2D eigenvalue weighted by Gasteiger charge is 2.50. The normalized spacial score (nSPS) is 23.7. The number of rotatable bonds is 5. The highest BCUT2D eigenvalue weighted by Crippen LogP contribution is 2.63. The van der Waals surface area contributed by atoms with E-state index in [0.29, 0.717) is 5.92 Å². The first-order chi connectivity index (χ1) is 21.0. The molecule has 3 atom stereocenters. The molecule has 0 amide bonds. The molecule has 1 aromatic heterocycles. The van der Waals surface area contributed by atoms with Gasteiger partial charge in [-0.25, -0.2) is 4.98 Å². The lowest BCUT2D eigenvalue weighted by molar-refractivity contribution is 0.669. The van der Waals surface area contributed by atoms with E-state index in [-0.39, 0.29) is 0 Å². The van der Waals surface area contributed by atoms with Crippen molar-refractivity contribution >= 4 is 21.8 Å². The molecule has 3 unspecified atom stereocenters. The van der Waals surface area contributed by atoms with E-state index in [1.54, 1.807) is 0 Å². The maximum atomic E-state index is 5.38. The average Bonchev–Trinajstić information content (AvgIpc) is 3.04. The minimum Gasteiger partial charge on any atom is -0.248 e. The van der Waals surface area contributed by atoms with Crippen LogP contribution in [0, 0.1) is 5.92 Å². The zero-order valence-electron chi connectivity index (χ0n) is 25.1. The number of benzene rings is 4. The summed E-state index contributed by atoms with van der Waals surface area (Å²) in [7, 11) is 0. The molecule has 5 aromatic rings. The van der Waals surface area contributed by atoms with E-state index in [2.05, 4.69) is 149 Å². The first kappa shape index (κ1) is 25.9. The fourth-order valence-electron chi connectivity index (χ4n) is 8.36. The van der Waals surface area contributed by atoms with Gasteiger partial charge < -0.3 is 0 Å². The molecule has 3 aliphatic rings. The Morgan fingerprint density at radius 1 is 0.814 bits per heavy atom. The summed E-state index contributed by atoms with van der Waals surface area (Å²) in [6.45, 7) is 10.9. The van der Waals surface area contributed by atoms with Crippen LogP contribution in [0.1, 0.15) is 55.0 Å². The summed E-state index contributed by atoms with van der Waals surface area (Å²) in [5, 5.41) is 2.55. The lowest BCUT2D eigenvalue weighted by atomic mass is 9.54. The third-order valence-electron chi connectivity index (χ3n) is 10.2. The smallest absolute Gasteiger partial charge is 0.0719 e. The molecule has 43 heavy (non-hydrogen) atoms. The van der Waals surface area contributed by atoms with Crippen molar-refractivity contribution in [3.63, 3.8) is 0 Å². The molecule has 0 N–H and O–H groups in total. The zero-order valence-corrected chi connectivity index (χ0v) is 25.1. The number of hydrogen-bond donors (Lipinski definition) is 0. The summed E-state index contributed by atoms with van der Waals surface area (Å²) in [5.74, 6) is 0.525. The van der Waals surface area contributed by atoms with Crippen molar-refractivity contribution in [2.45, 2.75) is 38.0 Å². The van der Waals surface area contributed by atoms with Crippen LogP contribution >= 0.6 is 0 Å². The fourth-order valence-corrected chi connectivity index (χ4v) is 8.36. The molecular weight excluding hydrogens is 518 g/mol. The van der Waals surface area contributed by atoms with Crippen LogP contribution < -0.4 is 0 Å². The van der Waals surface area contributed by atoms with Gasteiger partial charge in [-0.15, -0.1) is 0 Å². The van der Waals surface area contributed by atoms with Gasteiger partial charge in [0, 0.05) is 21.8 Å². The van der Waals surface area contributed by atoms with Gasteiger partial charge in [0.2, 0.25) is 0 Å². The molecule has 8 rings (SSSR count). The third-order valence-corrected chi connectivity index (χ3v) is 10.2. The van der Waals surface area contributed by atoms with Gasteiger partial charge in [-0.2, -0.15) is 0 Å². The maximum absolute atomic E-state index is 5.38. The first-order valence-corrected chi connectivity index (χ1v) is 15.5. The Morgan fingerprint density at radius 2 is 1.49 bits per heavy atom. The second-order valence-corrected chi connectivity index (χ2v) is 12.4. The molecule has 1 heterocycles. The van der Waals surface area contributed by atoms with Crippen LogP contribution in [0.4, 0.5) is 0 Å². The molecule has 1 nitrogen and oxygen atoms in total. The van der Waals surface area contributed by atoms with Gasteiger partial charge in [0.05, 0.1) is 16.4 Å². The Morgan fingerprint density at radius 3 is 2.19 bits per heavy atom. The van der Waals surface area contributed by atoms with Gasteiger partial charge >= 0.3 is 0 Å². The van der Waals surface area contributed by atoms with Crippen molar-refractivity contribution in [1.29, 1.82) is 0 Å². The molecular formula is C42H35N. The monoisotopic (exact) mass is 553 g/mol. The van der Waals surface area contributed by atoms with Crippen LogP contribution in [0.15, 0.2) is 145 Å². The molecule has 4 aromatic carbocycles. The number of pyridine rings is 1. The predicted molar refractivity (Wildman–Crippen MR) is 182 cm³/mol. The van der Waals surface area contributed by atoms with Crippen molar-refractivity contribution in [3.05, 3.63) is 173 Å². The van der Waals surface area contributed by atoms with E-state index >= 15 is 0 Å². The summed E-state index contributed by atoms with van der Waals surface area (Å²) in [6.07, 6.45) is 16.8. The van der Waals surface area contributed by atoms with Gasteiger partial charge in [-0.1, -0.05) is 129 Å². The van der Waals surface area contributed by atoms with E-state index in [1.165, 1.54) is 60.9 Å². The second-order valence-electron chi connectivity index (χ2n) is 12.4. The predicted octanol–water partition coefficient (Wildman–Crippen LogP) is 10.5. The largest absolute Gasteiger partial charge is 0.248 e. The Kier molecular flexibility index (Phi) is 5.65. The van der Waals surface area contributed by atoms with Crippen LogP contribution in [-0.4, -0.2) is 4.98 Å². The van der Waals surface area contributed by atoms with Crippen molar-refractivity contribution in [3.8, 4) is 11.1 Å². The Labute approximate surface area is 254 Å². The van der Waals surface area contributed by atoms with E-state index in [4.69, 9.17) is 4.98 Å².